The number of hydrogen-bond donors (Lipinski definition) is 0. The highest BCUT2D eigenvalue weighted by atomic mass is 79.9. The van der Waals surface area contributed by atoms with Gasteiger partial charge in [-0.15, -0.1) is 5.10 Å². The summed E-state index contributed by atoms with van der Waals surface area (Å²) >= 11 is 9.69. The maximum Gasteiger partial charge on any atom is 0.172 e. The zero-order valence-corrected chi connectivity index (χ0v) is 18.6. The maximum atomic E-state index is 6.28. The molecule has 4 aromatic rings. The molecular weight excluding hydrogens is 472 g/mol. The third-order valence-corrected chi connectivity index (χ3v) is 4.98. The van der Waals surface area contributed by atoms with E-state index in [1.165, 1.54) is 0 Å². The predicted molar refractivity (Wildman–Crippen MR) is 115 cm³/mol. The van der Waals surface area contributed by atoms with Crippen LogP contribution in [0.5, 0.6) is 11.5 Å². The molecule has 0 aliphatic carbocycles. The van der Waals surface area contributed by atoms with Gasteiger partial charge in [-0.05, 0) is 58.7 Å². The fourth-order valence-corrected chi connectivity index (χ4v) is 3.53. The number of aromatic nitrogens is 6. The van der Waals surface area contributed by atoms with Crippen molar-refractivity contribution in [2.75, 3.05) is 7.11 Å². The van der Waals surface area contributed by atoms with Crippen LogP contribution in [0.3, 0.4) is 0 Å². The normalized spacial score (nSPS) is 10.9. The van der Waals surface area contributed by atoms with Gasteiger partial charge in [0.15, 0.2) is 17.3 Å². The molecule has 3 heterocycles. The van der Waals surface area contributed by atoms with Crippen LogP contribution in [0.25, 0.3) is 5.82 Å². The molecule has 10 heteroatoms. The van der Waals surface area contributed by atoms with Crippen molar-refractivity contribution in [2.24, 2.45) is 0 Å². The third kappa shape index (κ3) is 4.47. The Morgan fingerprint density at radius 2 is 2.03 bits per heavy atom. The number of methoxy groups -OCH3 is 1. The van der Waals surface area contributed by atoms with E-state index in [0.717, 1.165) is 11.3 Å². The molecule has 0 fully saturated rings. The van der Waals surface area contributed by atoms with E-state index in [4.69, 9.17) is 21.1 Å². The fourth-order valence-electron chi connectivity index (χ4n) is 2.91. The van der Waals surface area contributed by atoms with Crippen LogP contribution in [0.1, 0.15) is 17.0 Å². The van der Waals surface area contributed by atoms with Crippen molar-refractivity contribution in [3.05, 3.63) is 75.4 Å². The van der Waals surface area contributed by atoms with Crippen LogP contribution in [0.4, 0.5) is 0 Å². The van der Waals surface area contributed by atoms with Gasteiger partial charge in [-0.25, -0.2) is 14.3 Å². The first kappa shape index (κ1) is 20.4. The van der Waals surface area contributed by atoms with Gasteiger partial charge in [0.05, 0.1) is 30.6 Å². The van der Waals surface area contributed by atoms with Crippen molar-refractivity contribution in [1.29, 1.82) is 0 Å². The Bertz CT molecular complexity index is 1180. The molecule has 0 saturated heterocycles. The Morgan fingerprint density at radius 3 is 2.83 bits per heavy atom. The summed E-state index contributed by atoms with van der Waals surface area (Å²) in [6.45, 7) is 2.71. The van der Waals surface area contributed by atoms with Crippen LogP contribution in [0.2, 0.25) is 5.02 Å². The molecule has 3 aromatic heterocycles. The SMILES string of the molecule is COc1cc(C)ccc1OCc1cn(Cc2cc(Br)nn2-c2ncccc2Cl)nn1. The van der Waals surface area contributed by atoms with E-state index in [2.05, 4.69) is 36.3 Å². The molecule has 0 N–H and O–H groups in total. The van der Waals surface area contributed by atoms with Crippen LogP contribution in [0, 0.1) is 6.92 Å². The minimum atomic E-state index is 0.272. The lowest BCUT2D eigenvalue weighted by molar-refractivity contribution is 0.280. The molecular formula is C20H18BrClN6O2. The topological polar surface area (TPSA) is 79.9 Å². The van der Waals surface area contributed by atoms with Gasteiger partial charge in [0.2, 0.25) is 0 Å². The summed E-state index contributed by atoms with van der Waals surface area (Å²) < 4.78 is 15.3. The van der Waals surface area contributed by atoms with E-state index in [1.807, 2.05) is 37.4 Å². The zero-order chi connectivity index (χ0) is 21.1. The number of pyridine rings is 1. The minimum absolute atomic E-state index is 0.272. The molecule has 8 nitrogen and oxygen atoms in total. The summed E-state index contributed by atoms with van der Waals surface area (Å²) in [6, 6.07) is 11.2. The molecule has 4 rings (SSSR count). The quantitative estimate of drug-likeness (QED) is 0.387. The summed E-state index contributed by atoms with van der Waals surface area (Å²) in [5.74, 6) is 1.89. The highest BCUT2D eigenvalue weighted by Gasteiger charge is 2.14. The number of aryl methyl sites for hydroxylation is 1. The molecule has 0 bridgehead atoms. The lowest BCUT2D eigenvalue weighted by Crippen LogP contribution is -2.09. The van der Waals surface area contributed by atoms with E-state index in [0.29, 0.717) is 39.2 Å². The molecule has 0 unspecified atom stereocenters. The first-order valence-corrected chi connectivity index (χ1v) is 10.2. The Labute approximate surface area is 186 Å². The molecule has 1 aromatic carbocycles. The molecule has 30 heavy (non-hydrogen) atoms. The number of halogens is 2. The Balaban J connectivity index is 1.49. The van der Waals surface area contributed by atoms with E-state index >= 15 is 0 Å². The van der Waals surface area contributed by atoms with Gasteiger partial charge in [-0.1, -0.05) is 22.9 Å². The molecule has 154 valence electrons. The summed E-state index contributed by atoms with van der Waals surface area (Å²) in [5.41, 5.74) is 2.64. The van der Waals surface area contributed by atoms with Crippen LogP contribution in [-0.2, 0) is 13.2 Å². The smallest absolute Gasteiger partial charge is 0.172 e. The van der Waals surface area contributed by atoms with E-state index in [1.54, 1.807) is 34.8 Å². The zero-order valence-electron chi connectivity index (χ0n) is 16.3. The molecule has 0 radical (unpaired) electrons. The largest absolute Gasteiger partial charge is 0.493 e. The molecule has 0 amide bonds. The highest BCUT2D eigenvalue weighted by Crippen LogP contribution is 2.28. The van der Waals surface area contributed by atoms with Crippen LogP contribution >= 0.6 is 27.5 Å². The van der Waals surface area contributed by atoms with Crippen LogP contribution in [-0.4, -0.2) is 36.9 Å². The van der Waals surface area contributed by atoms with E-state index < -0.39 is 0 Å². The molecule has 0 saturated carbocycles. The predicted octanol–water partition coefficient (Wildman–Crippen LogP) is 4.22. The first-order valence-electron chi connectivity index (χ1n) is 9.05. The van der Waals surface area contributed by atoms with Gasteiger partial charge in [0.25, 0.3) is 0 Å². The molecule has 0 atom stereocenters. The van der Waals surface area contributed by atoms with Gasteiger partial charge in [0, 0.05) is 6.20 Å². The van der Waals surface area contributed by atoms with Crippen LogP contribution < -0.4 is 9.47 Å². The number of ether oxygens (including phenoxy) is 2. The monoisotopic (exact) mass is 488 g/mol. The van der Waals surface area contributed by atoms with Crippen molar-refractivity contribution in [2.45, 2.75) is 20.1 Å². The van der Waals surface area contributed by atoms with Crippen molar-refractivity contribution in [1.82, 2.24) is 29.8 Å². The summed E-state index contributed by atoms with van der Waals surface area (Å²) in [5, 5.41) is 13.3. The number of hydrogen-bond acceptors (Lipinski definition) is 6. The summed E-state index contributed by atoms with van der Waals surface area (Å²) in [4.78, 5) is 4.33. The van der Waals surface area contributed by atoms with Gasteiger partial charge in [-0.3, -0.25) is 0 Å². The van der Waals surface area contributed by atoms with Gasteiger partial charge >= 0.3 is 0 Å². The van der Waals surface area contributed by atoms with Gasteiger partial charge in [-0.2, -0.15) is 5.10 Å². The highest BCUT2D eigenvalue weighted by molar-refractivity contribution is 9.10. The average Bonchev–Trinajstić information content (AvgIpc) is 3.33. The number of nitrogens with zero attached hydrogens (tertiary/aromatic N) is 6. The second-order valence-electron chi connectivity index (χ2n) is 6.53. The van der Waals surface area contributed by atoms with Crippen LogP contribution in [0.15, 0.2) is 53.4 Å². The van der Waals surface area contributed by atoms with E-state index in [-0.39, 0.29) is 6.61 Å². The minimum Gasteiger partial charge on any atom is -0.493 e. The van der Waals surface area contributed by atoms with Gasteiger partial charge in [0.1, 0.15) is 16.9 Å². The van der Waals surface area contributed by atoms with Crippen molar-refractivity contribution < 1.29 is 9.47 Å². The summed E-state index contributed by atoms with van der Waals surface area (Å²) in [7, 11) is 1.62. The average molecular weight is 490 g/mol. The maximum absolute atomic E-state index is 6.28. The van der Waals surface area contributed by atoms with E-state index in [9.17, 15) is 0 Å². The lowest BCUT2D eigenvalue weighted by Gasteiger charge is -2.10. The Kier molecular flexibility index (Phi) is 6.01. The second-order valence-corrected chi connectivity index (χ2v) is 7.75. The van der Waals surface area contributed by atoms with Crippen molar-refractivity contribution in [3.8, 4) is 17.3 Å². The van der Waals surface area contributed by atoms with Gasteiger partial charge < -0.3 is 9.47 Å². The lowest BCUT2D eigenvalue weighted by atomic mass is 10.2. The first-order chi connectivity index (χ1) is 14.5. The molecule has 0 aliphatic rings. The Hall–Kier alpha value is -2.91. The molecule has 0 spiro atoms. The standard InChI is InChI=1S/C20H18BrClN6O2/c1-13-5-6-17(18(8-13)29-2)30-12-14-10-27(26-24-14)11-15-9-19(21)25-28(15)20-16(22)4-3-7-23-20/h3-10H,11-12H2,1-2H3. The molecule has 0 aliphatic heterocycles. The fraction of sp³-hybridized carbons (Fsp3) is 0.200. The number of benzene rings is 1. The van der Waals surface area contributed by atoms with Crippen molar-refractivity contribution in [3.63, 3.8) is 0 Å². The van der Waals surface area contributed by atoms with Crippen molar-refractivity contribution >= 4 is 27.5 Å². The number of rotatable bonds is 7. The second kappa shape index (κ2) is 8.85. The summed E-state index contributed by atoms with van der Waals surface area (Å²) in [6.07, 6.45) is 3.50. The Morgan fingerprint density at radius 1 is 1.17 bits per heavy atom. The third-order valence-electron chi connectivity index (χ3n) is 4.30.